The fourth-order valence-corrected chi connectivity index (χ4v) is 2.33. The van der Waals surface area contributed by atoms with Gasteiger partial charge in [-0.2, -0.15) is 0 Å². The monoisotopic (exact) mass is 282 g/mol. The van der Waals surface area contributed by atoms with Crippen molar-refractivity contribution in [2.75, 3.05) is 0 Å². The van der Waals surface area contributed by atoms with Gasteiger partial charge in [0.1, 0.15) is 5.01 Å². The van der Waals surface area contributed by atoms with Crippen LogP contribution in [0.3, 0.4) is 0 Å². The van der Waals surface area contributed by atoms with Crippen LogP contribution in [0.2, 0.25) is 0 Å². The molecular formula is C13H12F2N2OS. The Morgan fingerprint density at radius 3 is 2.74 bits per heavy atom. The SMILES string of the molecule is CC(C)(NC(=O)c1cccc(F)c1F)c1nccs1. The van der Waals surface area contributed by atoms with Gasteiger partial charge < -0.3 is 5.32 Å². The molecule has 0 fully saturated rings. The van der Waals surface area contributed by atoms with Gasteiger partial charge in [-0.25, -0.2) is 13.8 Å². The molecule has 0 radical (unpaired) electrons. The van der Waals surface area contributed by atoms with Gasteiger partial charge in [0.25, 0.3) is 5.91 Å². The van der Waals surface area contributed by atoms with Crippen LogP contribution in [-0.2, 0) is 5.54 Å². The number of rotatable bonds is 3. The second-order valence-electron chi connectivity index (χ2n) is 4.52. The zero-order valence-electron chi connectivity index (χ0n) is 10.4. The summed E-state index contributed by atoms with van der Waals surface area (Å²) in [6.07, 6.45) is 1.62. The van der Waals surface area contributed by atoms with E-state index in [2.05, 4.69) is 10.3 Å². The van der Waals surface area contributed by atoms with E-state index in [0.717, 1.165) is 6.07 Å². The van der Waals surface area contributed by atoms with Crippen LogP contribution in [0.15, 0.2) is 29.8 Å². The van der Waals surface area contributed by atoms with Gasteiger partial charge in [-0.1, -0.05) is 6.07 Å². The van der Waals surface area contributed by atoms with E-state index < -0.39 is 23.1 Å². The average molecular weight is 282 g/mol. The molecule has 3 nitrogen and oxygen atoms in total. The standard InChI is InChI=1S/C13H12F2N2OS/c1-13(2,12-16-6-7-19-12)17-11(18)8-4-3-5-9(14)10(8)15/h3-7H,1-2H3,(H,17,18). The summed E-state index contributed by atoms with van der Waals surface area (Å²) >= 11 is 1.38. The van der Waals surface area contributed by atoms with Crippen molar-refractivity contribution in [3.63, 3.8) is 0 Å². The fraction of sp³-hybridized carbons (Fsp3) is 0.231. The van der Waals surface area contributed by atoms with Crippen molar-refractivity contribution < 1.29 is 13.6 Å². The molecule has 1 aromatic carbocycles. The van der Waals surface area contributed by atoms with Gasteiger partial charge in [0.05, 0.1) is 11.1 Å². The first-order chi connectivity index (χ1) is 8.92. The lowest BCUT2D eigenvalue weighted by Gasteiger charge is -2.23. The Morgan fingerprint density at radius 1 is 1.37 bits per heavy atom. The largest absolute Gasteiger partial charge is 0.341 e. The fourth-order valence-electron chi connectivity index (χ4n) is 1.62. The lowest BCUT2D eigenvalue weighted by atomic mass is 10.1. The molecule has 0 saturated heterocycles. The van der Waals surface area contributed by atoms with Crippen LogP contribution in [0, 0.1) is 11.6 Å². The summed E-state index contributed by atoms with van der Waals surface area (Å²) in [5, 5.41) is 5.12. The molecule has 0 aliphatic carbocycles. The predicted octanol–water partition coefficient (Wildman–Crippen LogP) is 3.09. The van der Waals surface area contributed by atoms with Crippen LogP contribution in [0.5, 0.6) is 0 Å². The van der Waals surface area contributed by atoms with Crippen molar-refractivity contribution in [2.24, 2.45) is 0 Å². The molecule has 0 bridgehead atoms. The van der Waals surface area contributed by atoms with Crippen LogP contribution in [0.1, 0.15) is 29.2 Å². The number of hydrogen-bond donors (Lipinski definition) is 1. The molecule has 0 atom stereocenters. The summed E-state index contributed by atoms with van der Waals surface area (Å²) in [5.41, 5.74) is -1.06. The molecule has 0 aliphatic rings. The van der Waals surface area contributed by atoms with E-state index in [9.17, 15) is 13.6 Å². The summed E-state index contributed by atoms with van der Waals surface area (Å²) in [5.74, 6) is -2.85. The molecule has 2 rings (SSSR count). The molecule has 19 heavy (non-hydrogen) atoms. The predicted molar refractivity (Wildman–Crippen MR) is 69.0 cm³/mol. The van der Waals surface area contributed by atoms with Gasteiger partial charge in [-0.15, -0.1) is 11.3 Å². The molecule has 100 valence electrons. The van der Waals surface area contributed by atoms with Crippen LogP contribution >= 0.6 is 11.3 Å². The third-order valence-corrected chi connectivity index (χ3v) is 3.69. The van der Waals surface area contributed by atoms with Crippen molar-refractivity contribution in [3.8, 4) is 0 Å². The normalized spacial score (nSPS) is 11.4. The Hall–Kier alpha value is -1.82. The Morgan fingerprint density at radius 2 is 2.11 bits per heavy atom. The number of amides is 1. The molecule has 1 amide bonds. The number of thiazole rings is 1. The smallest absolute Gasteiger partial charge is 0.255 e. The lowest BCUT2D eigenvalue weighted by Crippen LogP contribution is -2.41. The van der Waals surface area contributed by atoms with E-state index in [1.54, 1.807) is 25.4 Å². The second kappa shape index (κ2) is 5.05. The number of hydrogen-bond acceptors (Lipinski definition) is 3. The summed E-state index contributed by atoms with van der Waals surface area (Å²) < 4.78 is 26.6. The molecule has 1 N–H and O–H groups in total. The number of aromatic nitrogens is 1. The maximum absolute atomic E-state index is 13.5. The highest BCUT2D eigenvalue weighted by molar-refractivity contribution is 7.09. The van der Waals surface area contributed by atoms with E-state index >= 15 is 0 Å². The van der Waals surface area contributed by atoms with Crippen LogP contribution in [0.4, 0.5) is 8.78 Å². The van der Waals surface area contributed by atoms with Crippen molar-refractivity contribution in [2.45, 2.75) is 19.4 Å². The maximum atomic E-state index is 13.5. The lowest BCUT2D eigenvalue weighted by molar-refractivity contribution is 0.0906. The van der Waals surface area contributed by atoms with Gasteiger partial charge in [-0.05, 0) is 26.0 Å². The van der Waals surface area contributed by atoms with Crippen molar-refractivity contribution in [1.29, 1.82) is 0 Å². The summed E-state index contributed by atoms with van der Waals surface area (Å²) in [7, 11) is 0. The second-order valence-corrected chi connectivity index (χ2v) is 5.41. The Bertz CT molecular complexity index is 597. The average Bonchev–Trinajstić information content (AvgIpc) is 2.86. The summed E-state index contributed by atoms with van der Waals surface area (Å²) in [4.78, 5) is 16.1. The number of nitrogens with zero attached hydrogens (tertiary/aromatic N) is 1. The van der Waals surface area contributed by atoms with Crippen molar-refractivity contribution >= 4 is 17.2 Å². The third kappa shape index (κ3) is 2.78. The van der Waals surface area contributed by atoms with Crippen molar-refractivity contribution in [1.82, 2.24) is 10.3 Å². The maximum Gasteiger partial charge on any atom is 0.255 e. The van der Waals surface area contributed by atoms with Gasteiger partial charge in [0.15, 0.2) is 11.6 Å². The van der Waals surface area contributed by atoms with Gasteiger partial charge in [-0.3, -0.25) is 4.79 Å². The Labute approximate surface area is 113 Å². The molecule has 1 heterocycles. The molecule has 6 heteroatoms. The molecule has 0 aliphatic heterocycles. The highest BCUT2D eigenvalue weighted by Gasteiger charge is 2.27. The number of nitrogens with one attached hydrogen (secondary N) is 1. The van der Waals surface area contributed by atoms with Crippen LogP contribution in [0.25, 0.3) is 0 Å². The first-order valence-electron chi connectivity index (χ1n) is 5.58. The zero-order chi connectivity index (χ0) is 14.0. The summed E-state index contributed by atoms with van der Waals surface area (Å²) in [6, 6.07) is 3.51. The minimum atomic E-state index is -1.14. The quantitative estimate of drug-likeness (QED) is 0.940. The molecule has 2 aromatic rings. The minimum Gasteiger partial charge on any atom is -0.341 e. The highest BCUT2D eigenvalue weighted by atomic mass is 32.1. The van der Waals surface area contributed by atoms with Gasteiger partial charge in [0.2, 0.25) is 0 Å². The topological polar surface area (TPSA) is 42.0 Å². The van der Waals surface area contributed by atoms with Crippen LogP contribution in [-0.4, -0.2) is 10.9 Å². The number of carbonyl (C=O) groups excluding carboxylic acids is 1. The van der Waals surface area contributed by atoms with Crippen LogP contribution < -0.4 is 5.32 Å². The summed E-state index contributed by atoms with van der Waals surface area (Å²) in [6.45, 7) is 3.50. The first kappa shape index (κ1) is 13.6. The van der Waals surface area contributed by atoms with Gasteiger partial charge in [0, 0.05) is 11.6 Å². The van der Waals surface area contributed by atoms with E-state index in [1.807, 2.05) is 0 Å². The molecular weight excluding hydrogens is 270 g/mol. The minimum absolute atomic E-state index is 0.315. The first-order valence-corrected chi connectivity index (χ1v) is 6.46. The molecule has 0 spiro atoms. The van der Waals surface area contributed by atoms with E-state index in [1.165, 1.54) is 23.5 Å². The van der Waals surface area contributed by atoms with E-state index in [4.69, 9.17) is 0 Å². The van der Waals surface area contributed by atoms with Gasteiger partial charge >= 0.3 is 0 Å². The number of halogens is 2. The number of carbonyl (C=O) groups is 1. The molecule has 1 aromatic heterocycles. The van der Waals surface area contributed by atoms with Crippen molar-refractivity contribution in [3.05, 3.63) is 52.0 Å². The zero-order valence-corrected chi connectivity index (χ0v) is 11.2. The molecule has 0 unspecified atom stereocenters. The van der Waals surface area contributed by atoms with E-state index in [0.29, 0.717) is 5.01 Å². The van der Waals surface area contributed by atoms with E-state index in [-0.39, 0.29) is 5.56 Å². The number of benzene rings is 1. The molecule has 0 saturated carbocycles. The third-order valence-electron chi connectivity index (χ3n) is 2.59. The Kier molecular flexibility index (Phi) is 3.61. The highest BCUT2D eigenvalue weighted by Crippen LogP contribution is 2.23. The Balaban J connectivity index is 2.24.